The van der Waals surface area contributed by atoms with E-state index in [1.54, 1.807) is 12.1 Å². The summed E-state index contributed by atoms with van der Waals surface area (Å²) >= 11 is 0. The molecule has 0 unspecified atom stereocenters. The van der Waals surface area contributed by atoms with Gasteiger partial charge in [0.1, 0.15) is 19.3 Å². The van der Waals surface area contributed by atoms with Crippen LogP contribution in [0.4, 0.5) is 0 Å². The topological polar surface area (TPSA) is 71.2 Å². The van der Waals surface area contributed by atoms with Crippen LogP contribution < -0.4 is 4.90 Å². The van der Waals surface area contributed by atoms with Gasteiger partial charge in [-0.25, -0.2) is 4.79 Å². The summed E-state index contributed by atoms with van der Waals surface area (Å²) in [5.41, 5.74) is -1.05. The lowest BCUT2D eigenvalue weighted by molar-refractivity contribution is -0.899. The number of carbonyl (C=O) groups is 1. The molecule has 2 atom stereocenters. The predicted molar refractivity (Wildman–Crippen MR) is 101 cm³/mol. The third kappa shape index (κ3) is 5.06. The maximum atomic E-state index is 12.9. The monoisotopic (exact) mass is 364 g/mol. The van der Waals surface area contributed by atoms with Gasteiger partial charge in [0.15, 0.2) is 5.60 Å². The second kappa shape index (κ2) is 10.0. The molecule has 0 heterocycles. The van der Waals surface area contributed by atoms with Crippen molar-refractivity contribution in [2.24, 2.45) is 5.92 Å². The standard InChI is InChI=1S/C21H33NO4/c1-3-22(4-2)15-19(23)16-26-20(24)21(25,17-11-7-5-8-12-17)18-13-9-6-10-14-18/h5,7-8,11-12,18-19,23,25H,3-4,6,9-10,13-16H2,1-2H3/p+1/t19-,21+/m1/s1. The number of quaternary nitrogens is 1. The lowest BCUT2D eigenvalue weighted by atomic mass is 9.73. The molecule has 5 heteroatoms. The van der Waals surface area contributed by atoms with Crippen LogP contribution in [0, 0.1) is 5.92 Å². The minimum atomic E-state index is -1.64. The minimum absolute atomic E-state index is 0.0792. The van der Waals surface area contributed by atoms with Gasteiger partial charge in [-0.3, -0.25) is 0 Å². The first-order valence-corrected chi connectivity index (χ1v) is 9.99. The van der Waals surface area contributed by atoms with E-state index in [0.717, 1.165) is 45.2 Å². The van der Waals surface area contributed by atoms with Gasteiger partial charge < -0.3 is 19.8 Å². The van der Waals surface area contributed by atoms with Crippen LogP contribution in [-0.2, 0) is 15.1 Å². The van der Waals surface area contributed by atoms with Crippen LogP contribution in [0.2, 0.25) is 0 Å². The molecule has 3 N–H and O–H groups in total. The van der Waals surface area contributed by atoms with E-state index in [0.29, 0.717) is 12.1 Å². The number of ether oxygens (including phenoxy) is 1. The summed E-state index contributed by atoms with van der Waals surface area (Å²) in [6, 6.07) is 9.09. The van der Waals surface area contributed by atoms with Crippen molar-refractivity contribution in [3.8, 4) is 0 Å². The molecule has 146 valence electrons. The molecule has 0 saturated heterocycles. The molecule has 0 spiro atoms. The molecule has 26 heavy (non-hydrogen) atoms. The Morgan fingerprint density at radius 1 is 1.19 bits per heavy atom. The van der Waals surface area contributed by atoms with Crippen LogP contribution in [0.15, 0.2) is 30.3 Å². The summed E-state index contributed by atoms with van der Waals surface area (Å²) in [6.07, 6.45) is 4.07. The van der Waals surface area contributed by atoms with Crippen molar-refractivity contribution in [1.29, 1.82) is 0 Å². The van der Waals surface area contributed by atoms with E-state index in [1.807, 2.05) is 18.2 Å². The highest BCUT2D eigenvalue weighted by molar-refractivity contribution is 5.81. The third-order valence-corrected chi connectivity index (χ3v) is 5.65. The van der Waals surface area contributed by atoms with Gasteiger partial charge in [-0.1, -0.05) is 49.6 Å². The number of likely N-dealkylation sites (N-methyl/N-ethyl adjacent to an activating group) is 1. The van der Waals surface area contributed by atoms with E-state index in [4.69, 9.17) is 4.74 Å². The summed E-state index contributed by atoms with van der Waals surface area (Å²) in [5, 5.41) is 21.6. The van der Waals surface area contributed by atoms with Crippen LogP contribution >= 0.6 is 0 Å². The third-order valence-electron chi connectivity index (χ3n) is 5.65. The fraction of sp³-hybridized carbons (Fsp3) is 0.667. The summed E-state index contributed by atoms with van der Waals surface area (Å²) < 4.78 is 5.41. The maximum absolute atomic E-state index is 12.9. The molecule has 0 aliphatic heterocycles. The zero-order valence-electron chi connectivity index (χ0n) is 16.1. The van der Waals surface area contributed by atoms with Crippen molar-refractivity contribution < 1.29 is 24.6 Å². The molecule has 1 fully saturated rings. The smallest absolute Gasteiger partial charge is 0.343 e. The lowest BCUT2D eigenvalue weighted by Crippen LogP contribution is -3.12. The number of carbonyl (C=O) groups excluding carboxylic acids is 1. The van der Waals surface area contributed by atoms with Crippen LogP contribution in [0.3, 0.4) is 0 Å². The number of benzene rings is 1. The number of hydrogen-bond acceptors (Lipinski definition) is 4. The van der Waals surface area contributed by atoms with Crippen molar-refractivity contribution in [3.05, 3.63) is 35.9 Å². The summed E-state index contributed by atoms with van der Waals surface area (Å²) in [7, 11) is 0. The molecule has 1 saturated carbocycles. The van der Waals surface area contributed by atoms with Crippen molar-refractivity contribution in [3.63, 3.8) is 0 Å². The maximum Gasteiger partial charge on any atom is 0.343 e. The molecule has 0 aromatic heterocycles. The summed E-state index contributed by atoms with van der Waals surface area (Å²) in [4.78, 5) is 14.2. The Morgan fingerprint density at radius 2 is 1.81 bits per heavy atom. The predicted octanol–water partition coefficient (Wildman–Crippen LogP) is 1.28. The Morgan fingerprint density at radius 3 is 2.38 bits per heavy atom. The first-order chi connectivity index (χ1) is 12.5. The van der Waals surface area contributed by atoms with Crippen molar-refractivity contribution in [2.45, 2.75) is 57.7 Å². The van der Waals surface area contributed by atoms with Crippen LogP contribution in [0.5, 0.6) is 0 Å². The van der Waals surface area contributed by atoms with E-state index >= 15 is 0 Å². The molecule has 5 nitrogen and oxygen atoms in total. The lowest BCUT2D eigenvalue weighted by Gasteiger charge is -2.37. The van der Waals surface area contributed by atoms with E-state index in [1.165, 1.54) is 4.90 Å². The van der Waals surface area contributed by atoms with E-state index in [9.17, 15) is 15.0 Å². The van der Waals surface area contributed by atoms with Crippen LogP contribution in [0.1, 0.15) is 51.5 Å². The Bertz CT molecular complexity index is 540. The molecule has 2 rings (SSSR count). The normalized spacial score (nSPS) is 19.1. The Balaban J connectivity index is 2.08. The Hall–Kier alpha value is -1.43. The average molecular weight is 365 g/mol. The Kier molecular flexibility index (Phi) is 8.07. The largest absolute Gasteiger partial charge is 0.460 e. The number of esters is 1. The van der Waals surface area contributed by atoms with E-state index in [2.05, 4.69) is 13.8 Å². The fourth-order valence-corrected chi connectivity index (χ4v) is 3.95. The summed E-state index contributed by atoms with van der Waals surface area (Å²) in [5.74, 6) is -0.777. The molecule has 1 aromatic carbocycles. The van der Waals surface area contributed by atoms with E-state index in [-0.39, 0.29) is 12.5 Å². The number of rotatable bonds is 9. The molecule has 0 bridgehead atoms. The van der Waals surface area contributed by atoms with Gasteiger partial charge >= 0.3 is 5.97 Å². The minimum Gasteiger partial charge on any atom is -0.460 e. The molecule has 1 aromatic rings. The van der Waals surface area contributed by atoms with Crippen molar-refractivity contribution in [1.82, 2.24) is 0 Å². The first kappa shape index (κ1) is 20.9. The second-order valence-corrected chi connectivity index (χ2v) is 7.38. The van der Waals surface area contributed by atoms with Gasteiger partial charge in [0.2, 0.25) is 0 Å². The van der Waals surface area contributed by atoms with E-state index < -0.39 is 17.7 Å². The Labute approximate surface area is 157 Å². The molecule has 1 aliphatic carbocycles. The molecule has 1 aliphatic rings. The highest BCUT2D eigenvalue weighted by Gasteiger charge is 2.47. The number of aliphatic hydroxyl groups is 2. The highest BCUT2D eigenvalue weighted by atomic mass is 16.6. The number of aliphatic hydroxyl groups excluding tert-OH is 1. The van der Waals surface area contributed by atoms with Gasteiger partial charge in [0, 0.05) is 5.92 Å². The molecule has 0 radical (unpaired) electrons. The highest BCUT2D eigenvalue weighted by Crippen LogP contribution is 2.40. The zero-order chi connectivity index (χ0) is 19.0. The van der Waals surface area contributed by atoms with Gasteiger partial charge in [-0.2, -0.15) is 0 Å². The molecular formula is C21H34NO4+. The summed E-state index contributed by atoms with van der Waals surface area (Å²) in [6.45, 7) is 6.41. The van der Waals surface area contributed by atoms with Gasteiger partial charge in [0.25, 0.3) is 0 Å². The van der Waals surface area contributed by atoms with Gasteiger partial charge in [-0.05, 0) is 32.3 Å². The molecule has 0 amide bonds. The van der Waals surface area contributed by atoms with Crippen molar-refractivity contribution >= 4 is 5.97 Å². The van der Waals surface area contributed by atoms with Crippen LogP contribution in [0.25, 0.3) is 0 Å². The SMILES string of the molecule is CC[NH+](CC)C[C@@H](O)COC(=O)[C@](O)(c1ccccc1)C1CCCCC1. The number of hydrogen-bond donors (Lipinski definition) is 3. The zero-order valence-corrected chi connectivity index (χ0v) is 16.1. The average Bonchev–Trinajstić information content (AvgIpc) is 2.70. The first-order valence-electron chi connectivity index (χ1n) is 9.99. The fourth-order valence-electron chi connectivity index (χ4n) is 3.95. The van der Waals surface area contributed by atoms with Crippen molar-refractivity contribution in [2.75, 3.05) is 26.2 Å². The number of nitrogens with one attached hydrogen (secondary N) is 1. The molecular weight excluding hydrogens is 330 g/mol. The van der Waals surface area contributed by atoms with Gasteiger partial charge in [0.05, 0.1) is 13.1 Å². The quantitative estimate of drug-likeness (QED) is 0.578. The second-order valence-electron chi connectivity index (χ2n) is 7.38. The van der Waals surface area contributed by atoms with Crippen LogP contribution in [-0.4, -0.2) is 48.5 Å². The van der Waals surface area contributed by atoms with Gasteiger partial charge in [-0.15, -0.1) is 0 Å².